The van der Waals surface area contributed by atoms with Crippen molar-refractivity contribution in [2.24, 2.45) is 0 Å². The molecule has 0 aliphatic rings. The Bertz CT molecular complexity index is 1130. The van der Waals surface area contributed by atoms with Gasteiger partial charge in [0.2, 0.25) is 5.91 Å². The molecule has 0 bridgehead atoms. The standard InChI is InChI=1S/C24H21FN4OS/c25-19-11-13-20(14-12-19)26-23(30)15-16-31-24-28-27-22(17-18-7-3-1-4-8-18)29(24)21-9-5-2-6-10-21/h1-14H,15-17H2,(H,26,30). The number of amides is 1. The molecule has 1 aromatic heterocycles. The zero-order chi connectivity index (χ0) is 21.5. The highest BCUT2D eigenvalue weighted by molar-refractivity contribution is 7.99. The number of carbonyl (C=O) groups excluding carboxylic acids is 1. The summed E-state index contributed by atoms with van der Waals surface area (Å²) in [6, 6.07) is 25.8. The van der Waals surface area contributed by atoms with Crippen molar-refractivity contribution in [1.29, 1.82) is 0 Å². The first-order chi connectivity index (χ1) is 15.2. The Morgan fingerprint density at radius 1 is 0.903 bits per heavy atom. The predicted octanol–water partition coefficient (Wildman–Crippen LogP) is 5.12. The van der Waals surface area contributed by atoms with Crippen molar-refractivity contribution < 1.29 is 9.18 Å². The first-order valence-corrected chi connectivity index (χ1v) is 10.9. The summed E-state index contributed by atoms with van der Waals surface area (Å²) < 4.78 is 15.0. The topological polar surface area (TPSA) is 59.8 Å². The van der Waals surface area contributed by atoms with Gasteiger partial charge in [-0.2, -0.15) is 0 Å². The SMILES string of the molecule is O=C(CCSc1nnc(Cc2ccccc2)n1-c1ccccc1)Nc1ccc(F)cc1. The largest absolute Gasteiger partial charge is 0.326 e. The summed E-state index contributed by atoms with van der Waals surface area (Å²) in [5, 5.41) is 12.3. The number of nitrogens with zero attached hydrogens (tertiary/aromatic N) is 3. The lowest BCUT2D eigenvalue weighted by molar-refractivity contribution is -0.115. The molecule has 0 aliphatic carbocycles. The van der Waals surface area contributed by atoms with Crippen LogP contribution in [-0.4, -0.2) is 26.4 Å². The van der Waals surface area contributed by atoms with Crippen LogP contribution >= 0.6 is 11.8 Å². The average Bonchev–Trinajstić information content (AvgIpc) is 3.19. The Hall–Kier alpha value is -3.45. The minimum absolute atomic E-state index is 0.130. The molecule has 3 aromatic carbocycles. The molecule has 1 amide bonds. The van der Waals surface area contributed by atoms with E-state index >= 15 is 0 Å². The van der Waals surface area contributed by atoms with Gasteiger partial charge in [-0.25, -0.2) is 4.39 Å². The third-order valence-electron chi connectivity index (χ3n) is 4.61. The molecule has 7 heteroatoms. The Morgan fingerprint density at radius 3 is 2.29 bits per heavy atom. The Kier molecular flexibility index (Phi) is 6.74. The molecule has 31 heavy (non-hydrogen) atoms. The van der Waals surface area contributed by atoms with Gasteiger partial charge in [0.1, 0.15) is 11.6 Å². The molecular weight excluding hydrogens is 411 g/mol. The maximum absolute atomic E-state index is 13.0. The Labute approximate surface area is 184 Å². The fourth-order valence-corrected chi connectivity index (χ4v) is 4.02. The van der Waals surface area contributed by atoms with E-state index in [1.54, 1.807) is 12.1 Å². The fraction of sp³-hybridized carbons (Fsp3) is 0.125. The zero-order valence-electron chi connectivity index (χ0n) is 16.7. The van der Waals surface area contributed by atoms with Crippen LogP contribution in [0.5, 0.6) is 0 Å². The highest BCUT2D eigenvalue weighted by Crippen LogP contribution is 2.24. The summed E-state index contributed by atoms with van der Waals surface area (Å²) in [6.07, 6.45) is 0.964. The number of rotatable bonds is 8. The van der Waals surface area contributed by atoms with Crippen LogP contribution in [0.3, 0.4) is 0 Å². The van der Waals surface area contributed by atoms with Gasteiger partial charge in [0.25, 0.3) is 0 Å². The molecule has 0 atom stereocenters. The van der Waals surface area contributed by atoms with E-state index in [1.165, 1.54) is 23.9 Å². The second-order valence-electron chi connectivity index (χ2n) is 6.89. The van der Waals surface area contributed by atoms with Gasteiger partial charge in [-0.1, -0.05) is 60.3 Å². The van der Waals surface area contributed by atoms with Crippen LogP contribution in [0.1, 0.15) is 17.8 Å². The van der Waals surface area contributed by atoms with Crippen molar-refractivity contribution in [2.45, 2.75) is 18.0 Å². The maximum Gasteiger partial charge on any atom is 0.225 e. The van der Waals surface area contributed by atoms with E-state index in [9.17, 15) is 9.18 Å². The summed E-state index contributed by atoms with van der Waals surface area (Å²) in [4.78, 5) is 12.2. The first kappa shape index (κ1) is 20.8. The smallest absolute Gasteiger partial charge is 0.225 e. The zero-order valence-corrected chi connectivity index (χ0v) is 17.6. The van der Waals surface area contributed by atoms with E-state index in [1.807, 2.05) is 53.1 Å². The molecule has 4 aromatic rings. The number of nitrogens with one attached hydrogen (secondary N) is 1. The fourth-order valence-electron chi connectivity index (χ4n) is 3.11. The van der Waals surface area contributed by atoms with Crippen molar-refractivity contribution in [3.8, 4) is 5.69 Å². The van der Waals surface area contributed by atoms with E-state index in [4.69, 9.17) is 0 Å². The summed E-state index contributed by atoms with van der Waals surface area (Å²) in [6.45, 7) is 0. The number of anilines is 1. The normalized spacial score (nSPS) is 10.7. The molecule has 0 saturated carbocycles. The molecule has 4 rings (SSSR count). The maximum atomic E-state index is 13.0. The van der Waals surface area contributed by atoms with E-state index < -0.39 is 0 Å². The molecule has 1 N–H and O–H groups in total. The third-order valence-corrected chi connectivity index (χ3v) is 5.54. The molecule has 0 radical (unpaired) electrons. The molecule has 0 spiro atoms. The summed E-state index contributed by atoms with van der Waals surface area (Å²) in [5.74, 6) is 0.925. The van der Waals surface area contributed by atoms with Gasteiger partial charge in [0.15, 0.2) is 5.16 Å². The number of para-hydroxylation sites is 1. The summed E-state index contributed by atoms with van der Waals surface area (Å²) in [5.41, 5.74) is 2.72. The highest BCUT2D eigenvalue weighted by Gasteiger charge is 2.15. The van der Waals surface area contributed by atoms with Gasteiger partial charge in [-0.15, -0.1) is 10.2 Å². The minimum atomic E-state index is -0.333. The van der Waals surface area contributed by atoms with E-state index in [2.05, 4.69) is 27.6 Å². The van der Waals surface area contributed by atoms with Crippen molar-refractivity contribution in [3.05, 3.63) is 102 Å². The number of hydrogen-bond donors (Lipinski definition) is 1. The van der Waals surface area contributed by atoms with Crippen LogP contribution in [0.15, 0.2) is 90.1 Å². The van der Waals surface area contributed by atoms with Crippen LogP contribution in [0, 0.1) is 5.82 Å². The van der Waals surface area contributed by atoms with Crippen LogP contribution in [-0.2, 0) is 11.2 Å². The molecule has 0 saturated heterocycles. The second-order valence-corrected chi connectivity index (χ2v) is 7.95. The second kappa shape index (κ2) is 10.0. The summed E-state index contributed by atoms with van der Waals surface area (Å²) >= 11 is 1.48. The minimum Gasteiger partial charge on any atom is -0.326 e. The van der Waals surface area contributed by atoms with Gasteiger partial charge in [-0.3, -0.25) is 9.36 Å². The number of benzene rings is 3. The van der Waals surface area contributed by atoms with Crippen LogP contribution < -0.4 is 5.32 Å². The molecule has 0 unspecified atom stereocenters. The Morgan fingerprint density at radius 2 is 1.58 bits per heavy atom. The van der Waals surface area contributed by atoms with Gasteiger partial charge in [0, 0.05) is 30.0 Å². The lowest BCUT2D eigenvalue weighted by Crippen LogP contribution is -2.12. The number of carbonyl (C=O) groups is 1. The molecule has 0 aliphatic heterocycles. The molecule has 0 fully saturated rings. The lowest BCUT2D eigenvalue weighted by atomic mass is 10.1. The van der Waals surface area contributed by atoms with Gasteiger partial charge < -0.3 is 5.32 Å². The highest BCUT2D eigenvalue weighted by atomic mass is 32.2. The molecular formula is C24H21FN4OS. The van der Waals surface area contributed by atoms with Crippen molar-refractivity contribution in [3.63, 3.8) is 0 Å². The van der Waals surface area contributed by atoms with Crippen molar-refractivity contribution >= 4 is 23.4 Å². The third kappa shape index (κ3) is 5.58. The van der Waals surface area contributed by atoms with Crippen molar-refractivity contribution in [2.75, 3.05) is 11.1 Å². The number of halogens is 1. The van der Waals surface area contributed by atoms with Crippen molar-refractivity contribution in [1.82, 2.24) is 14.8 Å². The van der Waals surface area contributed by atoms with E-state index in [0.29, 0.717) is 24.3 Å². The van der Waals surface area contributed by atoms with Gasteiger partial charge in [0.05, 0.1) is 0 Å². The predicted molar refractivity (Wildman–Crippen MR) is 121 cm³/mol. The Balaban J connectivity index is 1.45. The van der Waals surface area contributed by atoms with Gasteiger partial charge in [-0.05, 0) is 42.0 Å². The summed E-state index contributed by atoms with van der Waals surface area (Å²) in [7, 11) is 0. The first-order valence-electron chi connectivity index (χ1n) is 9.91. The van der Waals surface area contributed by atoms with Crippen LogP contribution in [0.25, 0.3) is 5.69 Å². The molecule has 156 valence electrons. The number of hydrogen-bond acceptors (Lipinski definition) is 4. The average molecular weight is 433 g/mol. The lowest BCUT2D eigenvalue weighted by Gasteiger charge is -2.10. The number of thioether (sulfide) groups is 1. The van der Waals surface area contributed by atoms with E-state index in [0.717, 1.165) is 22.2 Å². The number of aromatic nitrogens is 3. The van der Waals surface area contributed by atoms with Crippen LogP contribution in [0.2, 0.25) is 0 Å². The quantitative estimate of drug-likeness (QED) is 0.393. The van der Waals surface area contributed by atoms with E-state index in [-0.39, 0.29) is 11.7 Å². The van der Waals surface area contributed by atoms with Crippen LogP contribution in [0.4, 0.5) is 10.1 Å². The monoisotopic (exact) mass is 432 g/mol. The molecule has 5 nitrogen and oxygen atoms in total. The van der Waals surface area contributed by atoms with Gasteiger partial charge >= 0.3 is 0 Å². The molecule has 1 heterocycles.